The number of nitrogens with zero attached hydrogens (tertiary/aromatic N) is 1. The minimum absolute atomic E-state index is 0.330. The van der Waals surface area contributed by atoms with Gasteiger partial charge in [0.15, 0.2) is 0 Å². The molecule has 1 rings (SSSR count). The van der Waals surface area contributed by atoms with Crippen molar-refractivity contribution in [2.75, 3.05) is 0 Å². The summed E-state index contributed by atoms with van der Waals surface area (Å²) in [5.41, 5.74) is 4.85. The monoisotopic (exact) mass is 257 g/mol. The normalized spacial score (nSPS) is 9.29. The summed E-state index contributed by atoms with van der Waals surface area (Å²) in [6, 6.07) is 1.54. The van der Waals surface area contributed by atoms with Gasteiger partial charge in [-0.05, 0) is 22.0 Å². The molecular weight excluding hydrogens is 250 g/mol. The summed E-state index contributed by atoms with van der Waals surface area (Å²) >= 11 is 3.17. The first-order valence-electron chi connectivity index (χ1n) is 3.77. The van der Waals surface area contributed by atoms with Gasteiger partial charge in [0.2, 0.25) is 5.91 Å². The molecule has 1 heterocycles. The molecule has 1 aromatic rings. The van der Waals surface area contributed by atoms with E-state index in [0.717, 1.165) is 0 Å². The van der Waals surface area contributed by atoms with Crippen LogP contribution in [0.5, 0.6) is 0 Å². The van der Waals surface area contributed by atoms with Crippen molar-refractivity contribution < 1.29 is 9.59 Å². The number of aromatic nitrogens is 1. The van der Waals surface area contributed by atoms with E-state index in [0.29, 0.717) is 10.0 Å². The molecule has 0 fully saturated rings. The number of hydrogen-bond donors (Lipinski definition) is 2. The van der Waals surface area contributed by atoms with E-state index >= 15 is 0 Å². The Bertz CT molecular complexity index is 367. The molecule has 0 aliphatic rings. The molecule has 0 saturated carbocycles. The fourth-order valence-electron chi connectivity index (χ4n) is 0.771. The van der Waals surface area contributed by atoms with Gasteiger partial charge < -0.3 is 0 Å². The Kier molecular flexibility index (Phi) is 3.58. The molecule has 0 bridgehead atoms. The Balaban J connectivity index is 2.70. The first-order chi connectivity index (χ1) is 6.61. The smallest absolute Gasteiger partial charge is 0.270 e. The third-order valence-corrected chi connectivity index (χ3v) is 2.00. The molecule has 1 aromatic heterocycles. The molecule has 74 valence electrons. The Hall–Kier alpha value is -1.43. The summed E-state index contributed by atoms with van der Waals surface area (Å²) in [4.78, 5) is 25.7. The number of hydrazine groups is 1. The van der Waals surface area contributed by atoms with Crippen LogP contribution in [0, 0.1) is 0 Å². The highest BCUT2D eigenvalue weighted by Gasteiger charge is 2.08. The maximum Gasteiger partial charge on any atom is 0.270 e. The van der Waals surface area contributed by atoms with E-state index in [1.807, 2.05) is 0 Å². The van der Waals surface area contributed by atoms with Gasteiger partial charge in [-0.2, -0.15) is 0 Å². The van der Waals surface area contributed by atoms with Crippen molar-refractivity contribution in [2.24, 2.45) is 0 Å². The molecule has 2 amide bonds. The summed E-state index contributed by atoms with van der Waals surface area (Å²) in [7, 11) is 0. The fourth-order valence-corrected chi connectivity index (χ4v) is 1.20. The molecule has 0 radical (unpaired) electrons. The summed E-state index contributed by atoms with van der Waals surface area (Å²) in [6.07, 6.45) is 3.00. The van der Waals surface area contributed by atoms with Crippen molar-refractivity contribution in [3.05, 3.63) is 28.5 Å². The van der Waals surface area contributed by atoms with Gasteiger partial charge in [-0.3, -0.25) is 25.4 Å². The highest BCUT2D eigenvalue weighted by molar-refractivity contribution is 9.10. The summed E-state index contributed by atoms with van der Waals surface area (Å²) < 4.78 is 0.572. The lowest BCUT2D eigenvalue weighted by Crippen LogP contribution is -2.40. The Labute approximate surface area is 89.0 Å². The fraction of sp³-hybridized carbons (Fsp3) is 0.125. The Morgan fingerprint density at radius 3 is 2.71 bits per heavy atom. The topological polar surface area (TPSA) is 71.1 Å². The lowest BCUT2D eigenvalue weighted by molar-refractivity contribution is -0.119. The van der Waals surface area contributed by atoms with E-state index < -0.39 is 5.91 Å². The average Bonchev–Trinajstić information content (AvgIpc) is 2.15. The largest absolute Gasteiger partial charge is 0.274 e. The molecule has 0 aromatic carbocycles. The predicted molar refractivity (Wildman–Crippen MR) is 53.2 cm³/mol. The summed E-state index contributed by atoms with van der Waals surface area (Å²) in [5, 5.41) is 0. The molecule has 0 spiro atoms. The highest BCUT2D eigenvalue weighted by Crippen LogP contribution is 2.13. The van der Waals surface area contributed by atoms with Crippen LogP contribution in [0.1, 0.15) is 17.3 Å². The number of pyridine rings is 1. The quantitative estimate of drug-likeness (QED) is 0.725. The number of amides is 2. The zero-order valence-corrected chi connectivity index (χ0v) is 8.96. The third kappa shape index (κ3) is 2.81. The van der Waals surface area contributed by atoms with Gasteiger partial charge in [0, 0.05) is 23.8 Å². The number of rotatable bonds is 1. The van der Waals surface area contributed by atoms with Crippen LogP contribution in [-0.2, 0) is 4.79 Å². The predicted octanol–water partition coefficient (Wildman–Crippen LogP) is 0.625. The van der Waals surface area contributed by atoms with Crippen LogP contribution >= 0.6 is 15.9 Å². The van der Waals surface area contributed by atoms with Crippen LogP contribution in [-0.4, -0.2) is 16.8 Å². The highest BCUT2D eigenvalue weighted by atomic mass is 79.9. The van der Waals surface area contributed by atoms with E-state index in [-0.39, 0.29) is 5.91 Å². The SMILES string of the molecule is CC(=O)NNC(=O)c1ccncc1Br. The molecule has 0 atom stereocenters. The maximum atomic E-state index is 11.4. The first-order valence-corrected chi connectivity index (χ1v) is 4.57. The van der Waals surface area contributed by atoms with Crippen LogP contribution in [0.25, 0.3) is 0 Å². The molecule has 0 aliphatic carbocycles. The van der Waals surface area contributed by atoms with Crippen LogP contribution in [0.15, 0.2) is 22.9 Å². The second-order valence-electron chi connectivity index (χ2n) is 2.49. The van der Waals surface area contributed by atoms with Crippen LogP contribution in [0.4, 0.5) is 0 Å². The number of halogens is 1. The standard InChI is InChI=1S/C8H8BrN3O2/c1-5(13)11-12-8(14)6-2-3-10-4-7(6)9/h2-4H,1H3,(H,11,13)(H,12,14). The molecule has 2 N–H and O–H groups in total. The van der Waals surface area contributed by atoms with E-state index in [1.165, 1.54) is 19.3 Å². The molecule has 5 nitrogen and oxygen atoms in total. The van der Waals surface area contributed by atoms with Crippen molar-refractivity contribution in [1.82, 2.24) is 15.8 Å². The van der Waals surface area contributed by atoms with E-state index in [1.54, 1.807) is 6.07 Å². The second-order valence-corrected chi connectivity index (χ2v) is 3.35. The van der Waals surface area contributed by atoms with Crippen molar-refractivity contribution in [3.8, 4) is 0 Å². The molecule has 6 heteroatoms. The van der Waals surface area contributed by atoms with Crippen LogP contribution < -0.4 is 10.9 Å². The van der Waals surface area contributed by atoms with Crippen molar-refractivity contribution in [1.29, 1.82) is 0 Å². The average molecular weight is 258 g/mol. The van der Waals surface area contributed by atoms with Crippen molar-refractivity contribution in [2.45, 2.75) is 6.92 Å². The van der Waals surface area contributed by atoms with E-state index in [4.69, 9.17) is 0 Å². The molecule has 14 heavy (non-hydrogen) atoms. The number of carbonyl (C=O) groups is 2. The maximum absolute atomic E-state index is 11.4. The van der Waals surface area contributed by atoms with Gasteiger partial charge >= 0.3 is 0 Å². The molecular formula is C8H8BrN3O2. The lowest BCUT2D eigenvalue weighted by atomic mass is 10.2. The zero-order valence-electron chi connectivity index (χ0n) is 7.37. The van der Waals surface area contributed by atoms with Gasteiger partial charge in [-0.15, -0.1) is 0 Å². The van der Waals surface area contributed by atoms with Gasteiger partial charge in [-0.1, -0.05) is 0 Å². The molecule has 0 unspecified atom stereocenters. The van der Waals surface area contributed by atoms with Gasteiger partial charge in [-0.25, -0.2) is 0 Å². The third-order valence-electron chi connectivity index (χ3n) is 1.37. The zero-order chi connectivity index (χ0) is 10.6. The van der Waals surface area contributed by atoms with E-state index in [2.05, 4.69) is 31.8 Å². The van der Waals surface area contributed by atoms with Crippen LogP contribution in [0.3, 0.4) is 0 Å². The van der Waals surface area contributed by atoms with Gasteiger partial charge in [0.05, 0.1) is 5.56 Å². The first kappa shape index (κ1) is 10.6. The minimum atomic E-state index is -0.394. The second kappa shape index (κ2) is 4.71. The number of nitrogens with one attached hydrogen (secondary N) is 2. The van der Waals surface area contributed by atoms with Gasteiger partial charge in [0.25, 0.3) is 5.91 Å². The molecule has 0 saturated heterocycles. The minimum Gasteiger partial charge on any atom is -0.274 e. The number of carbonyl (C=O) groups excluding carboxylic acids is 2. The van der Waals surface area contributed by atoms with Crippen LogP contribution in [0.2, 0.25) is 0 Å². The number of hydrogen-bond acceptors (Lipinski definition) is 3. The van der Waals surface area contributed by atoms with Crippen molar-refractivity contribution in [3.63, 3.8) is 0 Å². The lowest BCUT2D eigenvalue weighted by Gasteiger charge is -2.05. The summed E-state index contributed by atoms with van der Waals surface area (Å²) in [5.74, 6) is -0.724. The van der Waals surface area contributed by atoms with E-state index in [9.17, 15) is 9.59 Å². The summed E-state index contributed by atoms with van der Waals surface area (Å²) in [6.45, 7) is 1.31. The Morgan fingerprint density at radius 1 is 1.43 bits per heavy atom. The Morgan fingerprint density at radius 2 is 2.14 bits per heavy atom. The van der Waals surface area contributed by atoms with Crippen molar-refractivity contribution >= 4 is 27.7 Å². The molecule has 0 aliphatic heterocycles. The van der Waals surface area contributed by atoms with Gasteiger partial charge in [0.1, 0.15) is 0 Å².